The number of rotatable bonds is 10. The summed E-state index contributed by atoms with van der Waals surface area (Å²) in [6, 6.07) is 6.10. The molecule has 0 amide bonds. The van der Waals surface area contributed by atoms with Crippen LogP contribution in [-0.2, 0) is 20.8 Å². The maximum Gasteiger partial charge on any atom is 0.163 e. The Morgan fingerprint density at radius 1 is 1.06 bits per heavy atom. The van der Waals surface area contributed by atoms with Gasteiger partial charge in [-0.1, -0.05) is 44.9 Å². The molecule has 1 saturated carbocycles. The number of benzene rings is 1. The van der Waals surface area contributed by atoms with Crippen molar-refractivity contribution in [2.75, 3.05) is 0 Å². The van der Waals surface area contributed by atoms with E-state index in [0.717, 1.165) is 61.6 Å². The van der Waals surface area contributed by atoms with Gasteiger partial charge in [-0.3, -0.25) is 19.2 Å². The van der Waals surface area contributed by atoms with Crippen LogP contribution in [0.25, 0.3) is 0 Å². The molecule has 3 unspecified atom stereocenters. The Bertz CT molecular complexity index is 834. The first-order valence-corrected chi connectivity index (χ1v) is 12.3. The fraction of sp³-hybridized carbons (Fsp3) is 0.643. The number of carbonyl (C=O) groups is 4. The molecular formula is C28H40O4. The molecule has 4 heteroatoms. The number of hydrogen-bond acceptors (Lipinski definition) is 4. The van der Waals surface area contributed by atoms with Crippen LogP contribution >= 0.6 is 0 Å². The Morgan fingerprint density at radius 3 is 2.25 bits per heavy atom. The van der Waals surface area contributed by atoms with Gasteiger partial charge in [0.25, 0.3) is 0 Å². The highest BCUT2D eigenvalue weighted by molar-refractivity contribution is 6.00. The molecule has 0 bridgehead atoms. The molecule has 0 N–H and O–H groups in total. The van der Waals surface area contributed by atoms with Crippen LogP contribution in [0, 0.1) is 30.6 Å². The average molecular weight is 441 g/mol. The minimum Gasteiger partial charge on any atom is -0.300 e. The van der Waals surface area contributed by atoms with Gasteiger partial charge in [-0.2, -0.15) is 0 Å². The second-order valence-electron chi connectivity index (χ2n) is 9.84. The van der Waals surface area contributed by atoms with Gasteiger partial charge in [0.2, 0.25) is 0 Å². The average Bonchev–Trinajstić information content (AvgIpc) is 3.54. The highest BCUT2D eigenvalue weighted by Crippen LogP contribution is 2.36. The summed E-state index contributed by atoms with van der Waals surface area (Å²) in [7, 11) is 0. The lowest BCUT2D eigenvalue weighted by Crippen LogP contribution is -2.29. The predicted octanol–water partition coefficient (Wildman–Crippen LogP) is 6.11. The molecule has 4 nitrogen and oxygen atoms in total. The first-order valence-electron chi connectivity index (χ1n) is 12.3. The van der Waals surface area contributed by atoms with Crippen LogP contribution in [0.2, 0.25) is 0 Å². The van der Waals surface area contributed by atoms with Gasteiger partial charge < -0.3 is 0 Å². The van der Waals surface area contributed by atoms with Gasteiger partial charge in [-0.15, -0.1) is 0 Å². The quantitative estimate of drug-likeness (QED) is 0.412. The molecule has 1 aromatic carbocycles. The molecule has 0 radical (unpaired) electrons. The fourth-order valence-corrected chi connectivity index (χ4v) is 5.18. The van der Waals surface area contributed by atoms with Crippen LogP contribution in [0.1, 0.15) is 101 Å². The zero-order valence-electron chi connectivity index (χ0n) is 20.5. The number of Topliss-reactive ketones (excluding diaryl/α,β-unsaturated/α-hetero) is 4. The van der Waals surface area contributed by atoms with Gasteiger partial charge in [0, 0.05) is 23.8 Å². The highest BCUT2D eigenvalue weighted by Gasteiger charge is 2.32. The van der Waals surface area contributed by atoms with Crippen molar-refractivity contribution in [2.24, 2.45) is 23.7 Å². The maximum atomic E-state index is 12.7. The van der Waals surface area contributed by atoms with E-state index in [1.54, 1.807) is 6.92 Å². The van der Waals surface area contributed by atoms with Gasteiger partial charge in [-0.05, 0) is 75.8 Å². The summed E-state index contributed by atoms with van der Waals surface area (Å²) >= 11 is 0. The second-order valence-corrected chi connectivity index (χ2v) is 9.84. The number of hydrogen-bond donors (Lipinski definition) is 0. The number of aryl methyl sites for hydroxylation is 1. The van der Waals surface area contributed by atoms with Gasteiger partial charge in [-0.25, -0.2) is 0 Å². The molecule has 3 rings (SSSR count). The smallest absolute Gasteiger partial charge is 0.163 e. The van der Waals surface area contributed by atoms with Crippen LogP contribution in [0.5, 0.6) is 0 Å². The molecule has 0 saturated heterocycles. The van der Waals surface area contributed by atoms with Crippen molar-refractivity contribution in [3.8, 4) is 0 Å². The minimum absolute atomic E-state index is 0.0460. The predicted molar refractivity (Wildman–Crippen MR) is 128 cm³/mol. The van der Waals surface area contributed by atoms with Crippen molar-refractivity contribution in [2.45, 2.75) is 92.4 Å². The molecule has 2 aliphatic carbocycles. The summed E-state index contributed by atoms with van der Waals surface area (Å²) in [5, 5.41) is 0. The molecule has 0 aliphatic heterocycles. The van der Waals surface area contributed by atoms with Crippen LogP contribution in [0.15, 0.2) is 18.2 Å². The molecule has 3 atom stereocenters. The first-order chi connectivity index (χ1) is 15.2. The summed E-state index contributed by atoms with van der Waals surface area (Å²) in [5.74, 6) is 1.60. The third-order valence-corrected chi connectivity index (χ3v) is 6.91. The molecule has 1 aromatic rings. The number of carbonyl (C=O) groups excluding carboxylic acids is 4. The van der Waals surface area contributed by atoms with E-state index in [9.17, 15) is 19.2 Å². The zero-order chi connectivity index (χ0) is 23.8. The molecule has 2 aliphatic rings. The number of ketones is 4. The van der Waals surface area contributed by atoms with E-state index in [2.05, 4.69) is 13.0 Å². The molecule has 0 aromatic heterocycles. The van der Waals surface area contributed by atoms with Crippen LogP contribution in [0.4, 0.5) is 0 Å². The largest absolute Gasteiger partial charge is 0.300 e. The lowest BCUT2D eigenvalue weighted by molar-refractivity contribution is -0.130. The topological polar surface area (TPSA) is 68.3 Å². The second kappa shape index (κ2) is 12.2. The molecule has 0 spiro atoms. The molecule has 176 valence electrons. The van der Waals surface area contributed by atoms with Gasteiger partial charge in [0.05, 0.1) is 6.42 Å². The van der Waals surface area contributed by atoms with E-state index in [0.29, 0.717) is 24.0 Å². The van der Waals surface area contributed by atoms with E-state index >= 15 is 0 Å². The normalized spacial score (nSPS) is 19.3. The van der Waals surface area contributed by atoms with Crippen LogP contribution in [-0.4, -0.2) is 23.1 Å². The lowest BCUT2D eigenvalue weighted by Gasteiger charge is -2.31. The summed E-state index contributed by atoms with van der Waals surface area (Å²) in [6.45, 7) is 9.33. The Kier molecular flexibility index (Phi) is 9.99. The van der Waals surface area contributed by atoms with Gasteiger partial charge in [0.15, 0.2) is 5.78 Å². The summed E-state index contributed by atoms with van der Waals surface area (Å²) in [6.07, 6.45) is 7.51. The Balaban J connectivity index is 0.000000520. The van der Waals surface area contributed by atoms with Crippen LogP contribution in [0.3, 0.4) is 0 Å². The number of fused-ring (bicyclic) bond motifs is 1. The van der Waals surface area contributed by atoms with Crippen molar-refractivity contribution in [3.63, 3.8) is 0 Å². The third-order valence-electron chi connectivity index (χ3n) is 6.91. The Morgan fingerprint density at radius 2 is 1.75 bits per heavy atom. The van der Waals surface area contributed by atoms with E-state index in [1.807, 2.05) is 26.0 Å². The van der Waals surface area contributed by atoms with Crippen molar-refractivity contribution < 1.29 is 19.2 Å². The van der Waals surface area contributed by atoms with Crippen LogP contribution < -0.4 is 0 Å². The molecular weight excluding hydrogens is 400 g/mol. The highest BCUT2D eigenvalue weighted by atomic mass is 16.1. The van der Waals surface area contributed by atoms with Crippen molar-refractivity contribution in [1.29, 1.82) is 0 Å². The Labute approximate surface area is 193 Å². The molecule has 0 heterocycles. The Hall–Kier alpha value is -2.10. The van der Waals surface area contributed by atoms with Crippen molar-refractivity contribution in [3.05, 3.63) is 34.9 Å². The van der Waals surface area contributed by atoms with E-state index in [-0.39, 0.29) is 35.6 Å². The third kappa shape index (κ3) is 7.50. The zero-order valence-corrected chi connectivity index (χ0v) is 20.5. The summed E-state index contributed by atoms with van der Waals surface area (Å²) in [5.41, 5.74) is 3.14. The van der Waals surface area contributed by atoms with Gasteiger partial charge >= 0.3 is 0 Å². The first kappa shape index (κ1) is 26.2. The van der Waals surface area contributed by atoms with Crippen molar-refractivity contribution >= 4 is 23.1 Å². The lowest BCUT2D eigenvalue weighted by atomic mass is 9.72. The summed E-state index contributed by atoms with van der Waals surface area (Å²) < 4.78 is 0. The fourth-order valence-electron chi connectivity index (χ4n) is 5.18. The standard InChI is InChI=1S/C23H32O3.C5H8O/c1-5-8-18(20(6-2)21(25)11-16(4)24)12-17-13-19-10-7-9-15(3)23(19)22(26)14-17;1-4(6)5-2-3-5/h7,9-10,17-18,20H,5-6,8,11-14H2,1-4H3;5H,2-3H2,1H3. The SMILES string of the molecule is CC(=O)C1CC1.CCCC(CC1CC(=O)c2c(C)cccc2C1)C(CC)C(=O)CC(C)=O. The monoisotopic (exact) mass is 440 g/mol. The van der Waals surface area contributed by atoms with E-state index < -0.39 is 0 Å². The molecule has 1 fully saturated rings. The van der Waals surface area contributed by atoms with E-state index in [4.69, 9.17) is 0 Å². The van der Waals surface area contributed by atoms with E-state index in [1.165, 1.54) is 6.92 Å². The van der Waals surface area contributed by atoms with Gasteiger partial charge in [0.1, 0.15) is 17.3 Å². The maximum absolute atomic E-state index is 12.7. The molecule has 32 heavy (non-hydrogen) atoms. The summed E-state index contributed by atoms with van der Waals surface area (Å²) in [4.78, 5) is 46.8. The minimum atomic E-state index is -0.0622. The van der Waals surface area contributed by atoms with Crippen molar-refractivity contribution in [1.82, 2.24) is 0 Å².